The number of thiophene rings is 1. The van der Waals surface area contributed by atoms with E-state index in [1.165, 1.54) is 10.4 Å². The molecule has 0 amide bonds. The standard InChI is InChI=1S/C20H21N3O3S/c1-3-26-20(24)12-8-9-13-16(10-12)27-19-17(13)18(21-11-22-19)23-14-6-4-5-7-15(14)25-2/h4-7,11-12H,3,8-10H2,1-2H3,(H,21,22,23). The summed E-state index contributed by atoms with van der Waals surface area (Å²) in [6, 6.07) is 7.76. The number of aryl methyl sites for hydroxylation is 1. The normalized spacial score (nSPS) is 16.0. The largest absolute Gasteiger partial charge is 0.495 e. The fourth-order valence-electron chi connectivity index (χ4n) is 3.54. The van der Waals surface area contributed by atoms with Crippen LogP contribution in [-0.2, 0) is 22.4 Å². The van der Waals surface area contributed by atoms with Gasteiger partial charge in [0.2, 0.25) is 0 Å². The number of fused-ring (bicyclic) bond motifs is 3. The predicted octanol–water partition coefficient (Wildman–Crippen LogP) is 4.11. The van der Waals surface area contributed by atoms with Crippen LogP contribution in [0.2, 0.25) is 0 Å². The van der Waals surface area contributed by atoms with Crippen molar-refractivity contribution in [1.82, 2.24) is 9.97 Å². The van der Waals surface area contributed by atoms with Gasteiger partial charge in [0.25, 0.3) is 0 Å². The van der Waals surface area contributed by atoms with Crippen molar-refractivity contribution in [2.75, 3.05) is 19.0 Å². The van der Waals surface area contributed by atoms with Gasteiger partial charge in [-0.1, -0.05) is 12.1 Å². The topological polar surface area (TPSA) is 73.3 Å². The number of anilines is 2. The van der Waals surface area contributed by atoms with Crippen molar-refractivity contribution in [2.45, 2.75) is 26.2 Å². The van der Waals surface area contributed by atoms with Crippen LogP contribution in [0.15, 0.2) is 30.6 Å². The van der Waals surface area contributed by atoms with E-state index in [1.54, 1.807) is 24.8 Å². The van der Waals surface area contributed by atoms with Gasteiger partial charge < -0.3 is 14.8 Å². The van der Waals surface area contributed by atoms with Gasteiger partial charge in [0, 0.05) is 4.88 Å². The second-order valence-electron chi connectivity index (χ2n) is 6.42. The Morgan fingerprint density at radius 2 is 2.19 bits per heavy atom. The molecule has 0 radical (unpaired) electrons. The molecule has 0 aliphatic heterocycles. The van der Waals surface area contributed by atoms with Crippen LogP contribution in [0.5, 0.6) is 5.75 Å². The number of benzene rings is 1. The highest BCUT2D eigenvalue weighted by Gasteiger charge is 2.29. The molecule has 4 rings (SSSR count). The lowest BCUT2D eigenvalue weighted by atomic mass is 9.88. The Labute approximate surface area is 161 Å². The van der Waals surface area contributed by atoms with Gasteiger partial charge in [-0.05, 0) is 43.9 Å². The summed E-state index contributed by atoms with van der Waals surface area (Å²) in [4.78, 5) is 23.2. The van der Waals surface area contributed by atoms with Gasteiger partial charge >= 0.3 is 5.97 Å². The molecule has 1 aliphatic carbocycles. The van der Waals surface area contributed by atoms with E-state index in [-0.39, 0.29) is 11.9 Å². The number of hydrogen-bond donors (Lipinski definition) is 1. The van der Waals surface area contributed by atoms with Gasteiger partial charge in [-0.15, -0.1) is 11.3 Å². The van der Waals surface area contributed by atoms with E-state index in [0.717, 1.165) is 40.3 Å². The molecule has 0 bridgehead atoms. The van der Waals surface area contributed by atoms with Crippen LogP contribution in [0.4, 0.5) is 11.5 Å². The first kappa shape index (κ1) is 17.7. The molecule has 0 spiro atoms. The Balaban J connectivity index is 1.70. The Morgan fingerprint density at radius 1 is 1.33 bits per heavy atom. The second-order valence-corrected chi connectivity index (χ2v) is 7.51. The number of hydrogen-bond acceptors (Lipinski definition) is 7. The molecule has 1 aromatic carbocycles. The summed E-state index contributed by atoms with van der Waals surface area (Å²) in [7, 11) is 1.65. The molecule has 1 atom stereocenters. The number of esters is 1. The van der Waals surface area contributed by atoms with Gasteiger partial charge in [0.15, 0.2) is 0 Å². The average Bonchev–Trinajstić information content (AvgIpc) is 3.07. The van der Waals surface area contributed by atoms with E-state index in [4.69, 9.17) is 9.47 Å². The van der Waals surface area contributed by atoms with Gasteiger partial charge in [-0.25, -0.2) is 9.97 Å². The highest BCUT2D eigenvalue weighted by Crippen LogP contribution is 2.41. The lowest BCUT2D eigenvalue weighted by Crippen LogP contribution is -2.23. The maximum absolute atomic E-state index is 12.1. The molecule has 6 nitrogen and oxygen atoms in total. The molecule has 1 N–H and O–H groups in total. The van der Waals surface area contributed by atoms with Crippen LogP contribution in [0, 0.1) is 5.92 Å². The second kappa shape index (κ2) is 7.52. The van der Waals surface area contributed by atoms with Crippen molar-refractivity contribution in [3.8, 4) is 5.75 Å². The monoisotopic (exact) mass is 383 g/mol. The molecule has 0 fully saturated rings. The third kappa shape index (κ3) is 3.35. The summed E-state index contributed by atoms with van der Waals surface area (Å²) in [5.74, 6) is 1.37. The maximum Gasteiger partial charge on any atom is 0.309 e. The lowest BCUT2D eigenvalue weighted by molar-refractivity contribution is -0.148. The number of carbonyl (C=O) groups excluding carboxylic acids is 1. The number of nitrogens with zero attached hydrogens (tertiary/aromatic N) is 2. The molecule has 140 valence electrons. The molecular formula is C20H21N3O3S. The Bertz CT molecular complexity index is 986. The minimum atomic E-state index is -0.0981. The van der Waals surface area contributed by atoms with E-state index < -0.39 is 0 Å². The minimum absolute atomic E-state index is 0.0657. The van der Waals surface area contributed by atoms with Crippen molar-refractivity contribution in [3.05, 3.63) is 41.0 Å². The van der Waals surface area contributed by atoms with E-state index in [2.05, 4.69) is 15.3 Å². The highest BCUT2D eigenvalue weighted by atomic mass is 32.1. The van der Waals surface area contributed by atoms with Gasteiger partial charge in [0.1, 0.15) is 22.7 Å². The first-order valence-electron chi connectivity index (χ1n) is 9.03. The van der Waals surface area contributed by atoms with Crippen LogP contribution in [-0.4, -0.2) is 29.7 Å². The Morgan fingerprint density at radius 3 is 3.00 bits per heavy atom. The van der Waals surface area contributed by atoms with E-state index in [1.807, 2.05) is 31.2 Å². The summed E-state index contributed by atoms with van der Waals surface area (Å²) < 4.78 is 10.6. The summed E-state index contributed by atoms with van der Waals surface area (Å²) in [6.07, 6.45) is 3.90. The number of para-hydroxylation sites is 2. The fourth-order valence-corrected chi connectivity index (χ4v) is 4.81. The highest BCUT2D eigenvalue weighted by molar-refractivity contribution is 7.19. The number of carbonyl (C=O) groups is 1. The van der Waals surface area contributed by atoms with Gasteiger partial charge in [-0.2, -0.15) is 0 Å². The number of rotatable bonds is 5. The minimum Gasteiger partial charge on any atom is -0.495 e. The zero-order chi connectivity index (χ0) is 18.8. The Kier molecular flexibility index (Phi) is 4.94. The third-order valence-corrected chi connectivity index (χ3v) is 5.99. The summed E-state index contributed by atoms with van der Waals surface area (Å²) in [5.41, 5.74) is 2.11. The van der Waals surface area contributed by atoms with Crippen LogP contribution in [0.3, 0.4) is 0 Å². The number of ether oxygens (including phenoxy) is 2. The van der Waals surface area contributed by atoms with E-state index >= 15 is 0 Å². The van der Waals surface area contributed by atoms with Crippen LogP contribution in [0.1, 0.15) is 23.8 Å². The molecule has 1 aliphatic rings. The van der Waals surface area contributed by atoms with Crippen molar-refractivity contribution >= 4 is 39.0 Å². The summed E-state index contributed by atoms with van der Waals surface area (Å²) in [5, 5.41) is 4.44. The lowest BCUT2D eigenvalue weighted by Gasteiger charge is -2.20. The van der Waals surface area contributed by atoms with Gasteiger partial charge in [-0.3, -0.25) is 4.79 Å². The molecule has 0 saturated heterocycles. The van der Waals surface area contributed by atoms with Crippen molar-refractivity contribution < 1.29 is 14.3 Å². The summed E-state index contributed by atoms with van der Waals surface area (Å²) in [6.45, 7) is 2.27. The molecule has 27 heavy (non-hydrogen) atoms. The molecule has 2 aromatic heterocycles. The maximum atomic E-state index is 12.1. The van der Waals surface area contributed by atoms with Crippen molar-refractivity contribution in [1.29, 1.82) is 0 Å². The fraction of sp³-hybridized carbons (Fsp3) is 0.350. The van der Waals surface area contributed by atoms with Crippen LogP contribution >= 0.6 is 11.3 Å². The molecule has 7 heteroatoms. The molecule has 1 unspecified atom stereocenters. The quantitative estimate of drug-likeness (QED) is 0.669. The molecule has 2 heterocycles. The molecular weight excluding hydrogens is 362 g/mol. The number of nitrogens with one attached hydrogen (secondary N) is 1. The molecule has 0 saturated carbocycles. The first-order chi connectivity index (χ1) is 13.2. The average molecular weight is 383 g/mol. The van der Waals surface area contributed by atoms with Crippen molar-refractivity contribution in [3.63, 3.8) is 0 Å². The van der Waals surface area contributed by atoms with E-state index in [0.29, 0.717) is 13.0 Å². The first-order valence-corrected chi connectivity index (χ1v) is 9.84. The smallest absolute Gasteiger partial charge is 0.309 e. The molecule has 3 aromatic rings. The van der Waals surface area contributed by atoms with Crippen molar-refractivity contribution in [2.24, 2.45) is 5.92 Å². The number of aromatic nitrogens is 2. The van der Waals surface area contributed by atoms with Gasteiger partial charge in [0.05, 0.1) is 30.7 Å². The third-order valence-electron chi connectivity index (χ3n) is 4.83. The predicted molar refractivity (Wildman–Crippen MR) is 106 cm³/mol. The number of methoxy groups -OCH3 is 1. The Hall–Kier alpha value is -2.67. The summed E-state index contributed by atoms with van der Waals surface area (Å²) >= 11 is 1.64. The SMILES string of the molecule is CCOC(=O)C1CCc2c(sc3ncnc(Nc4ccccc4OC)c23)C1. The zero-order valence-electron chi connectivity index (χ0n) is 15.3. The van der Waals surface area contributed by atoms with Crippen LogP contribution in [0.25, 0.3) is 10.2 Å². The van der Waals surface area contributed by atoms with E-state index in [9.17, 15) is 4.79 Å². The zero-order valence-corrected chi connectivity index (χ0v) is 16.1. The van der Waals surface area contributed by atoms with Crippen LogP contribution < -0.4 is 10.1 Å².